The van der Waals surface area contributed by atoms with Gasteiger partial charge in [-0.15, -0.1) is 0 Å². The lowest BCUT2D eigenvalue weighted by atomic mass is 10.1. The third kappa shape index (κ3) is 7.42. The van der Waals surface area contributed by atoms with Crippen molar-refractivity contribution in [3.63, 3.8) is 0 Å². The third-order valence-electron chi connectivity index (χ3n) is 3.97. The number of rotatable bonds is 9. The maximum Gasteiger partial charge on any atom is 0.170 e. The second-order valence-corrected chi connectivity index (χ2v) is 6.41. The summed E-state index contributed by atoms with van der Waals surface area (Å²) in [4.78, 5) is 25.8. The van der Waals surface area contributed by atoms with Gasteiger partial charge in [0.05, 0.1) is 6.42 Å². The van der Waals surface area contributed by atoms with Gasteiger partial charge < -0.3 is 4.90 Å². The van der Waals surface area contributed by atoms with Crippen LogP contribution in [0.1, 0.15) is 22.3 Å². The zero-order chi connectivity index (χ0) is 20.2. The van der Waals surface area contributed by atoms with E-state index in [4.69, 9.17) is 0 Å². The molecule has 0 aliphatic heterocycles. The first-order chi connectivity index (χ1) is 13.6. The quantitative estimate of drug-likeness (QED) is 0.261. The van der Waals surface area contributed by atoms with E-state index in [0.717, 1.165) is 5.56 Å². The van der Waals surface area contributed by atoms with Crippen LogP contribution in [0, 0.1) is 0 Å². The molecule has 0 spiro atoms. The Morgan fingerprint density at radius 1 is 0.786 bits per heavy atom. The Hall–Kier alpha value is -3.46. The average molecular weight is 371 g/mol. The molecular weight excluding hydrogens is 346 g/mol. The van der Waals surface area contributed by atoms with Crippen molar-refractivity contribution >= 4 is 23.3 Å². The minimum absolute atomic E-state index is 0.112. The highest BCUT2D eigenvalue weighted by molar-refractivity contribution is 6.11. The van der Waals surface area contributed by atoms with Crippen LogP contribution >= 0.6 is 0 Å². The Bertz CT molecular complexity index is 886. The minimum Gasteiger partial charge on any atom is -0.378 e. The van der Waals surface area contributed by atoms with Crippen molar-refractivity contribution in [2.45, 2.75) is 6.42 Å². The van der Waals surface area contributed by atoms with Crippen molar-refractivity contribution < 1.29 is 9.59 Å². The lowest BCUT2D eigenvalue weighted by Gasteiger charge is -2.11. The van der Waals surface area contributed by atoms with E-state index in [1.165, 1.54) is 11.8 Å². The summed E-state index contributed by atoms with van der Waals surface area (Å²) < 4.78 is 0. The van der Waals surface area contributed by atoms with E-state index >= 15 is 0 Å². The molecule has 0 aromatic heterocycles. The van der Waals surface area contributed by atoms with Gasteiger partial charge in [-0.1, -0.05) is 85.0 Å². The molecule has 0 saturated heterocycles. The molecule has 0 atom stereocenters. The van der Waals surface area contributed by atoms with Gasteiger partial charge in [0, 0.05) is 25.3 Å². The van der Waals surface area contributed by atoms with E-state index in [-0.39, 0.29) is 18.0 Å². The number of Topliss-reactive ketones (excluding diaryl/α,β-unsaturated/α-hetero) is 1. The molecule has 2 rings (SSSR count). The van der Waals surface area contributed by atoms with Crippen LogP contribution < -0.4 is 4.90 Å². The van der Waals surface area contributed by atoms with Crippen LogP contribution in [-0.4, -0.2) is 25.7 Å². The van der Waals surface area contributed by atoms with E-state index in [1.54, 1.807) is 36.4 Å². The van der Waals surface area contributed by atoms with Gasteiger partial charge in [-0.05, 0) is 23.8 Å². The molecule has 2 aromatic rings. The molecule has 0 unspecified atom stereocenters. The maximum absolute atomic E-state index is 11.9. The van der Waals surface area contributed by atoms with E-state index in [2.05, 4.69) is 29.2 Å². The number of allylic oxidation sites excluding steroid dienone is 7. The van der Waals surface area contributed by atoms with E-state index in [0.29, 0.717) is 5.56 Å². The van der Waals surface area contributed by atoms with Gasteiger partial charge in [-0.3, -0.25) is 9.59 Å². The van der Waals surface area contributed by atoms with E-state index in [1.807, 2.05) is 50.5 Å². The van der Waals surface area contributed by atoms with Crippen molar-refractivity contribution in [1.29, 1.82) is 0 Å². The first-order valence-corrected chi connectivity index (χ1v) is 9.13. The fourth-order valence-corrected chi connectivity index (χ4v) is 2.41. The number of carbonyl (C=O) groups is 2. The molecule has 0 N–H and O–H groups in total. The van der Waals surface area contributed by atoms with Crippen molar-refractivity contribution in [1.82, 2.24) is 0 Å². The normalized spacial score (nSPS) is 11.8. The summed E-state index contributed by atoms with van der Waals surface area (Å²) in [5.74, 6) is -0.369. The summed E-state index contributed by atoms with van der Waals surface area (Å²) in [6, 6.07) is 17.1. The minimum atomic E-state index is -0.205. The van der Waals surface area contributed by atoms with Gasteiger partial charge in [-0.2, -0.15) is 0 Å². The van der Waals surface area contributed by atoms with E-state index < -0.39 is 0 Å². The maximum atomic E-state index is 11.9. The average Bonchev–Trinajstić information content (AvgIpc) is 2.71. The first kappa shape index (κ1) is 20.8. The number of hydrogen-bond donors (Lipinski definition) is 0. The highest BCUT2D eigenvalue weighted by Crippen LogP contribution is 2.13. The summed E-state index contributed by atoms with van der Waals surface area (Å²) >= 11 is 0. The third-order valence-corrected chi connectivity index (χ3v) is 3.97. The highest BCUT2D eigenvalue weighted by atomic mass is 16.1. The highest BCUT2D eigenvalue weighted by Gasteiger charge is 2.08. The topological polar surface area (TPSA) is 37.4 Å². The van der Waals surface area contributed by atoms with Crippen molar-refractivity contribution in [3.8, 4) is 0 Å². The molecule has 0 heterocycles. The molecule has 0 saturated carbocycles. The zero-order valence-corrected chi connectivity index (χ0v) is 16.3. The molecular formula is C25H25NO2. The van der Waals surface area contributed by atoms with Gasteiger partial charge in [-0.25, -0.2) is 0 Å². The number of benzene rings is 2. The molecule has 0 radical (unpaired) electrons. The largest absolute Gasteiger partial charge is 0.378 e. The van der Waals surface area contributed by atoms with Crippen molar-refractivity contribution in [3.05, 3.63) is 108 Å². The van der Waals surface area contributed by atoms with E-state index in [9.17, 15) is 9.59 Å². The predicted molar refractivity (Wildman–Crippen MR) is 118 cm³/mol. The molecule has 0 bridgehead atoms. The summed E-state index contributed by atoms with van der Waals surface area (Å²) in [7, 11) is 4.03. The number of nitrogens with zero attached hydrogens (tertiary/aromatic N) is 1. The van der Waals surface area contributed by atoms with Crippen LogP contribution in [0.3, 0.4) is 0 Å². The summed E-state index contributed by atoms with van der Waals surface area (Å²) in [6.45, 7) is 0. The fourth-order valence-electron chi connectivity index (χ4n) is 2.41. The predicted octanol–water partition coefficient (Wildman–Crippen LogP) is 5.28. The lowest BCUT2D eigenvalue weighted by molar-refractivity contribution is -0.113. The zero-order valence-electron chi connectivity index (χ0n) is 16.3. The van der Waals surface area contributed by atoms with Gasteiger partial charge in [0.1, 0.15) is 0 Å². The number of anilines is 1. The smallest absolute Gasteiger partial charge is 0.170 e. The fraction of sp³-hybridized carbons (Fsp3) is 0.120. The second kappa shape index (κ2) is 11.3. The molecule has 2 aromatic carbocycles. The Kier molecular flexibility index (Phi) is 8.41. The Morgan fingerprint density at radius 3 is 2.04 bits per heavy atom. The SMILES string of the molecule is CN(C)c1ccc(C=CC=CC=CC=CC(=O)CC(=O)c2ccccc2)cc1. The Balaban J connectivity index is 1.74. The monoisotopic (exact) mass is 371 g/mol. The Morgan fingerprint density at radius 2 is 1.39 bits per heavy atom. The summed E-state index contributed by atoms with van der Waals surface area (Å²) in [5.41, 5.74) is 2.86. The molecule has 3 heteroatoms. The van der Waals surface area contributed by atoms with Crippen molar-refractivity contribution in [2.24, 2.45) is 0 Å². The number of hydrogen-bond acceptors (Lipinski definition) is 3. The Labute approximate surface area is 167 Å². The van der Waals surface area contributed by atoms with Crippen LogP contribution in [0.4, 0.5) is 5.69 Å². The number of carbonyl (C=O) groups excluding carboxylic acids is 2. The van der Waals surface area contributed by atoms with Crippen LogP contribution in [0.25, 0.3) is 6.08 Å². The lowest BCUT2D eigenvalue weighted by Crippen LogP contribution is -2.07. The second-order valence-electron chi connectivity index (χ2n) is 6.41. The molecule has 0 aliphatic carbocycles. The van der Waals surface area contributed by atoms with Crippen LogP contribution in [0.2, 0.25) is 0 Å². The van der Waals surface area contributed by atoms with Crippen molar-refractivity contribution in [2.75, 3.05) is 19.0 Å². The molecule has 0 fully saturated rings. The first-order valence-electron chi connectivity index (χ1n) is 9.13. The van der Waals surface area contributed by atoms with Crippen LogP contribution in [0.15, 0.2) is 97.1 Å². The van der Waals surface area contributed by atoms with Crippen LogP contribution in [-0.2, 0) is 4.79 Å². The summed E-state index contributed by atoms with van der Waals surface area (Å²) in [6.07, 6.45) is 14.4. The van der Waals surface area contributed by atoms with Gasteiger partial charge >= 0.3 is 0 Å². The molecule has 0 aliphatic rings. The van der Waals surface area contributed by atoms with Gasteiger partial charge in [0.25, 0.3) is 0 Å². The summed E-state index contributed by atoms with van der Waals surface area (Å²) in [5, 5.41) is 0. The molecule has 28 heavy (non-hydrogen) atoms. The van der Waals surface area contributed by atoms with Crippen LogP contribution in [0.5, 0.6) is 0 Å². The standard InChI is InChI=1S/C25H25NO2/c1-26(2)23-18-16-21(17-19-23)12-8-5-3-4-6-11-15-24(27)20-25(28)22-13-9-7-10-14-22/h3-19H,20H2,1-2H3. The van der Waals surface area contributed by atoms with Gasteiger partial charge in [0.15, 0.2) is 11.6 Å². The van der Waals surface area contributed by atoms with Gasteiger partial charge in [0.2, 0.25) is 0 Å². The molecule has 142 valence electrons. The molecule has 0 amide bonds. The molecule has 3 nitrogen and oxygen atoms in total. The number of ketones is 2.